The van der Waals surface area contributed by atoms with E-state index < -0.39 is 5.97 Å². The highest BCUT2D eigenvalue weighted by Crippen LogP contribution is 2.48. The Morgan fingerprint density at radius 1 is 0.913 bits per heavy atom. The number of nitrogens with zero attached hydrogens (tertiary/aromatic N) is 2. The highest BCUT2D eigenvalue weighted by molar-refractivity contribution is 6.03. The van der Waals surface area contributed by atoms with Gasteiger partial charge in [0.1, 0.15) is 24.6 Å². The van der Waals surface area contributed by atoms with Crippen LogP contribution in [0.1, 0.15) is 107 Å². The van der Waals surface area contributed by atoms with Crippen molar-refractivity contribution in [1.82, 2.24) is 9.89 Å². The maximum absolute atomic E-state index is 13.1. The fourth-order valence-electron chi connectivity index (χ4n) is 8.46. The first-order valence-corrected chi connectivity index (χ1v) is 17.0. The number of aryl methyl sites for hydroxylation is 2. The van der Waals surface area contributed by atoms with Crippen molar-refractivity contribution in [3.63, 3.8) is 0 Å². The summed E-state index contributed by atoms with van der Waals surface area (Å²) >= 11 is 0. The molecule has 7 heteroatoms. The third-order valence-corrected chi connectivity index (χ3v) is 10.5. The molecule has 0 spiro atoms. The Labute approximate surface area is 271 Å². The third-order valence-electron chi connectivity index (χ3n) is 10.5. The van der Waals surface area contributed by atoms with Crippen molar-refractivity contribution in [2.45, 2.75) is 79.1 Å². The predicted molar refractivity (Wildman–Crippen MR) is 182 cm³/mol. The molecular formula is C39H46N3O4+. The summed E-state index contributed by atoms with van der Waals surface area (Å²) in [5.41, 5.74) is 9.66. The Balaban J connectivity index is 0.00000338. The Morgan fingerprint density at radius 2 is 1.65 bits per heavy atom. The third kappa shape index (κ3) is 4.90. The lowest BCUT2D eigenvalue weighted by atomic mass is 9.81. The van der Waals surface area contributed by atoms with E-state index in [-0.39, 0.29) is 18.9 Å². The summed E-state index contributed by atoms with van der Waals surface area (Å²) in [6, 6.07) is 9.81. The normalized spacial score (nSPS) is 17.2. The van der Waals surface area contributed by atoms with E-state index in [4.69, 9.17) is 4.74 Å². The van der Waals surface area contributed by atoms with Crippen LogP contribution in [0, 0.1) is 5.92 Å². The zero-order valence-electron chi connectivity index (χ0n) is 26.4. The van der Waals surface area contributed by atoms with Crippen LogP contribution in [0.15, 0.2) is 30.3 Å². The van der Waals surface area contributed by atoms with Crippen LogP contribution >= 0.6 is 0 Å². The fraction of sp³-hybridized carbons (Fsp3) is 0.462. The molecule has 0 radical (unpaired) electrons. The van der Waals surface area contributed by atoms with Gasteiger partial charge in [-0.1, -0.05) is 27.3 Å². The van der Waals surface area contributed by atoms with Crippen LogP contribution in [-0.4, -0.2) is 49.7 Å². The molecule has 0 unspecified atom stereocenters. The number of amides is 1. The number of carbonyl (C=O) groups excluding carboxylic acids is 1. The van der Waals surface area contributed by atoms with Gasteiger partial charge in [0.2, 0.25) is 5.36 Å². The summed E-state index contributed by atoms with van der Waals surface area (Å²) in [4.78, 5) is 28.6. The second-order valence-electron chi connectivity index (χ2n) is 13.8. The van der Waals surface area contributed by atoms with Gasteiger partial charge in [-0.15, -0.1) is 0 Å². The number of anilines is 1. The number of carbonyl (C=O) groups is 2. The van der Waals surface area contributed by atoms with Gasteiger partial charge >= 0.3 is 5.97 Å². The van der Waals surface area contributed by atoms with Gasteiger partial charge < -0.3 is 20.1 Å². The summed E-state index contributed by atoms with van der Waals surface area (Å²) in [5, 5.41) is 15.9. The van der Waals surface area contributed by atoms with Gasteiger partial charge in [0.15, 0.2) is 0 Å². The van der Waals surface area contributed by atoms with Gasteiger partial charge in [-0.2, -0.15) is 0 Å². The van der Waals surface area contributed by atoms with Crippen LogP contribution in [-0.2, 0) is 25.7 Å². The van der Waals surface area contributed by atoms with Gasteiger partial charge in [-0.3, -0.25) is 4.79 Å². The lowest BCUT2D eigenvalue weighted by molar-refractivity contribution is 0.0696. The van der Waals surface area contributed by atoms with Crippen LogP contribution in [0.3, 0.4) is 0 Å². The molecule has 0 atom stereocenters. The van der Waals surface area contributed by atoms with E-state index in [0.29, 0.717) is 23.6 Å². The van der Waals surface area contributed by atoms with Crippen molar-refractivity contribution in [3.05, 3.63) is 85.4 Å². The first-order valence-electron chi connectivity index (χ1n) is 17.0. The number of aromatic carboxylic acids is 1. The van der Waals surface area contributed by atoms with Gasteiger partial charge in [0.25, 0.3) is 5.91 Å². The summed E-state index contributed by atoms with van der Waals surface area (Å²) in [5.74, 6) is 1.01. The fourth-order valence-corrected chi connectivity index (χ4v) is 8.46. The molecule has 0 fully saturated rings. The van der Waals surface area contributed by atoms with E-state index in [1.54, 1.807) is 12.1 Å². The molecule has 1 amide bonds. The molecule has 3 aromatic rings. The molecule has 2 N–H and O–H groups in total. The molecular weight excluding hydrogens is 574 g/mol. The van der Waals surface area contributed by atoms with Crippen molar-refractivity contribution in [2.75, 3.05) is 37.6 Å². The number of benzene rings is 3. The highest BCUT2D eigenvalue weighted by Gasteiger charge is 2.36. The lowest BCUT2D eigenvalue weighted by Gasteiger charge is -2.39. The topological polar surface area (TPSA) is 81.9 Å². The van der Waals surface area contributed by atoms with E-state index in [9.17, 15) is 14.7 Å². The molecule has 5 aliphatic heterocycles. The first kappa shape index (κ1) is 30.5. The molecule has 5 heterocycles. The number of hydrogen-bond donors (Lipinski definition) is 2. The molecule has 7 nitrogen and oxygen atoms in total. The van der Waals surface area contributed by atoms with Gasteiger partial charge in [-0.05, 0) is 86.3 Å². The van der Waals surface area contributed by atoms with E-state index in [1.807, 2.05) is 6.07 Å². The standard InChI is InChI=1S/C38H41N3O4.CH4/c1-22(2)13-14-39-37(42)25-11-12-26(29(21-25)38(43)44)32-30-19-23-7-3-15-40-17-5-9-27(33(23)40)35(30)45-36-28-10-6-18-41-16-4-8-24(34(28)41)20-31(32)36;/h11-12,19-22H,3-10,13-18H2,1-2H3,(H-,39,42,43,44);1H4/p+1. The Hall–Kier alpha value is -4.13. The summed E-state index contributed by atoms with van der Waals surface area (Å²) < 4.78 is 9.64. The average Bonchev–Trinajstić information content (AvgIpc) is 3.04. The number of ether oxygens (including phenoxy) is 1. The summed E-state index contributed by atoms with van der Waals surface area (Å²) in [7, 11) is 0. The number of nitrogens with one attached hydrogen (secondary N) is 1. The van der Waals surface area contributed by atoms with Crippen LogP contribution < -0.4 is 30.1 Å². The van der Waals surface area contributed by atoms with Crippen molar-refractivity contribution < 1.29 is 19.4 Å². The molecule has 240 valence electrons. The molecule has 3 aromatic carbocycles. The SMILES string of the molecule is C.CC(C)CCNC(=O)c1ccc(C2=c3cc4c5c(c3Oc3c2cc2c6c3CCCN6CCC2)CCC[N+]=5CCC4)c(C(=O)O)c1. The van der Waals surface area contributed by atoms with Gasteiger partial charge in [0.05, 0.1) is 11.1 Å². The minimum atomic E-state index is -1.03. The molecule has 5 aliphatic rings. The highest BCUT2D eigenvalue weighted by atomic mass is 16.5. The molecule has 0 saturated carbocycles. The largest absolute Gasteiger partial charge is 0.478 e. The van der Waals surface area contributed by atoms with E-state index >= 15 is 0 Å². The first-order chi connectivity index (χ1) is 21.9. The number of carboxylic acids is 1. The number of rotatable bonds is 6. The van der Waals surface area contributed by atoms with Crippen molar-refractivity contribution in [2.24, 2.45) is 5.92 Å². The van der Waals surface area contributed by atoms with Crippen molar-refractivity contribution >= 4 is 23.1 Å². The number of carboxylic acid groups (broad SMARTS) is 1. The van der Waals surface area contributed by atoms with E-state index in [0.717, 1.165) is 112 Å². The molecule has 46 heavy (non-hydrogen) atoms. The van der Waals surface area contributed by atoms with Gasteiger partial charge in [0, 0.05) is 71.2 Å². The molecule has 0 aromatic heterocycles. The van der Waals surface area contributed by atoms with Crippen LogP contribution in [0.25, 0.3) is 5.57 Å². The minimum absolute atomic E-state index is 0. The van der Waals surface area contributed by atoms with Gasteiger partial charge in [-0.25, -0.2) is 9.37 Å². The second-order valence-corrected chi connectivity index (χ2v) is 13.8. The minimum Gasteiger partial charge on any atom is -0.478 e. The Morgan fingerprint density at radius 3 is 2.43 bits per heavy atom. The summed E-state index contributed by atoms with van der Waals surface area (Å²) in [6.07, 6.45) is 9.21. The Bertz CT molecular complexity index is 1900. The predicted octanol–water partition coefficient (Wildman–Crippen LogP) is 5.23. The van der Waals surface area contributed by atoms with Crippen LogP contribution in [0.4, 0.5) is 5.69 Å². The van der Waals surface area contributed by atoms with Crippen molar-refractivity contribution in [3.8, 4) is 11.5 Å². The van der Waals surface area contributed by atoms with Crippen LogP contribution in [0.5, 0.6) is 11.5 Å². The molecule has 0 bridgehead atoms. The monoisotopic (exact) mass is 620 g/mol. The van der Waals surface area contributed by atoms with E-state index in [1.165, 1.54) is 33.3 Å². The smallest absolute Gasteiger partial charge is 0.336 e. The lowest BCUT2D eigenvalue weighted by Crippen LogP contribution is -2.45. The second kappa shape index (κ2) is 11.9. The van der Waals surface area contributed by atoms with Crippen LogP contribution in [0.2, 0.25) is 0 Å². The average molecular weight is 621 g/mol. The maximum atomic E-state index is 13.1. The zero-order valence-corrected chi connectivity index (χ0v) is 26.4. The number of hydrogen-bond acceptors (Lipinski definition) is 4. The van der Waals surface area contributed by atoms with E-state index in [2.05, 4.69) is 40.8 Å². The Kier molecular flexibility index (Phi) is 7.90. The summed E-state index contributed by atoms with van der Waals surface area (Å²) in [6.45, 7) is 9.10. The maximum Gasteiger partial charge on any atom is 0.336 e. The molecule has 0 saturated heterocycles. The molecule has 8 rings (SSSR count). The number of fused-ring (bicyclic) bond motifs is 4. The zero-order chi connectivity index (χ0) is 30.8. The molecule has 0 aliphatic carbocycles. The van der Waals surface area contributed by atoms with Crippen molar-refractivity contribution in [1.29, 1.82) is 0 Å². The quantitative estimate of drug-likeness (QED) is 0.289.